The van der Waals surface area contributed by atoms with Crippen LogP contribution in [0.15, 0.2) is 18.2 Å². The monoisotopic (exact) mass is 204 g/mol. The molecule has 1 aromatic rings. The molecule has 0 unspecified atom stereocenters. The van der Waals surface area contributed by atoms with E-state index in [2.05, 4.69) is 11.4 Å². The minimum absolute atomic E-state index is 0.171. The molecular weight excluding hydrogens is 192 g/mol. The second-order valence-corrected chi connectivity index (χ2v) is 3.37. The normalized spacial score (nSPS) is 15.2. The van der Waals surface area contributed by atoms with E-state index in [-0.39, 0.29) is 6.10 Å². The molecule has 0 aromatic heterocycles. The van der Waals surface area contributed by atoms with Gasteiger partial charge in [0.15, 0.2) is 0 Å². The van der Waals surface area contributed by atoms with E-state index in [0.29, 0.717) is 17.1 Å². The maximum absolute atomic E-state index is 8.90. The van der Waals surface area contributed by atoms with Crippen LogP contribution in [0.5, 0.6) is 11.5 Å². The molecule has 1 saturated heterocycles. The summed E-state index contributed by atoms with van der Waals surface area (Å²) in [5.41, 5.74) is 0.544. The van der Waals surface area contributed by atoms with Gasteiger partial charge in [-0.2, -0.15) is 5.26 Å². The lowest BCUT2D eigenvalue weighted by Crippen LogP contribution is -2.50. The molecule has 0 aliphatic carbocycles. The lowest BCUT2D eigenvalue weighted by Gasteiger charge is -2.28. The molecule has 4 nitrogen and oxygen atoms in total. The molecule has 0 spiro atoms. The third-order valence-electron chi connectivity index (χ3n) is 2.35. The second-order valence-electron chi connectivity index (χ2n) is 3.37. The lowest BCUT2D eigenvalue weighted by molar-refractivity contribution is 0.141. The van der Waals surface area contributed by atoms with Crippen LogP contribution in [-0.2, 0) is 0 Å². The molecule has 1 heterocycles. The quantitative estimate of drug-likeness (QED) is 0.795. The number of nitrogens with one attached hydrogen (secondary N) is 1. The van der Waals surface area contributed by atoms with Gasteiger partial charge in [-0.15, -0.1) is 0 Å². The Hall–Kier alpha value is -1.73. The number of benzene rings is 1. The van der Waals surface area contributed by atoms with Crippen LogP contribution < -0.4 is 14.8 Å². The molecular formula is C11H12N2O2. The first-order valence-corrected chi connectivity index (χ1v) is 4.79. The van der Waals surface area contributed by atoms with Crippen molar-refractivity contribution in [3.63, 3.8) is 0 Å². The van der Waals surface area contributed by atoms with E-state index in [1.165, 1.54) is 0 Å². The maximum atomic E-state index is 8.90. The molecule has 1 fully saturated rings. The highest BCUT2D eigenvalue weighted by atomic mass is 16.5. The predicted octanol–water partition coefficient (Wildman–Crippen LogP) is 0.917. The summed E-state index contributed by atoms with van der Waals surface area (Å²) in [6, 6.07) is 7.31. The zero-order valence-electron chi connectivity index (χ0n) is 8.49. The number of hydrogen-bond acceptors (Lipinski definition) is 4. The number of nitriles is 1. The Bertz CT molecular complexity index is 394. The summed E-state index contributed by atoms with van der Waals surface area (Å²) in [6.07, 6.45) is 0.171. The number of ether oxygens (including phenoxy) is 2. The van der Waals surface area contributed by atoms with Crippen molar-refractivity contribution in [3.8, 4) is 17.6 Å². The average Bonchev–Trinajstić information content (AvgIpc) is 2.23. The van der Waals surface area contributed by atoms with Gasteiger partial charge in [0, 0.05) is 19.2 Å². The van der Waals surface area contributed by atoms with Crippen LogP contribution in [0.3, 0.4) is 0 Å². The van der Waals surface area contributed by atoms with Gasteiger partial charge in [0.1, 0.15) is 23.7 Å². The smallest absolute Gasteiger partial charge is 0.141 e. The summed E-state index contributed by atoms with van der Waals surface area (Å²) in [5.74, 6) is 1.31. The molecule has 0 saturated carbocycles. The highest BCUT2D eigenvalue weighted by Crippen LogP contribution is 2.25. The van der Waals surface area contributed by atoms with Gasteiger partial charge in [-0.05, 0) is 12.1 Å². The SMILES string of the molecule is COc1ccc(C#N)c(OC2CNC2)c1. The van der Waals surface area contributed by atoms with E-state index in [9.17, 15) is 0 Å². The zero-order valence-corrected chi connectivity index (χ0v) is 8.49. The van der Waals surface area contributed by atoms with Crippen LogP contribution in [0.25, 0.3) is 0 Å². The molecule has 1 aromatic carbocycles. The molecule has 78 valence electrons. The van der Waals surface area contributed by atoms with Crippen molar-refractivity contribution in [2.45, 2.75) is 6.10 Å². The van der Waals surface area contributed by atoms with Gasteiger partial charge < -0.3 is 14.8 Å². The Morgan fingerprint density at radius 1 is 1.47 bits per heavy atom. The zero-order chi connectivity index (χ0) is 10.7. The largest absolute Gasteiger partial charge is 0.497 e. The van der Waals surface area contributed by atoms with Crippen molar-refractivity contribution >= 4 is 0 Å². The van der Waals surface area contributed by atoms with Gasteiger partial charge in [0.25, 0.3) is 0 Å². The van der Waals surface area contributed by atoms with E-state index in [4.69, 9.17) is 14.7 Å². The van der Waals surface area contributed by atoms with Crippen LogP contribution in [0, 0.1) is 11.3 Å². The van der Waals surface area contributed by atoms with Crippen LogP contribution in [0.4, 0.5) is 0 Å². The Morgan fingerprint density at radius 3 is 2.80 bits per heavy atom. The Morgan fingerprint density at radius 2 is 2.27 bits per heavy atom. The molecule has 4 heteroatoms. The Kier molecular flexibility index (Phi) is 2.75. The molecule has 1 aliphatic heterocycles. The van der Waals surface area contributed by atoms with Crippen molar-refractivity contribution in [2.75, 3.05) is 20.2 Å². The van der Waals surface area contributed by atoms with Gasteiger partial charge in [0.2, 0.25) is 0 Å². The summed E-state index contributed by atoms with van der Waals surface area (Å²) < 4.78 is 10.7. The summed E-state index contributed by atoms with van der Waals surface area (Å²) in [4.78, 5) is 0. The first-order valence-electron chi connectivity index (χ1n) is 4.79. The number of nitrogens with zero attached hydrogens (tertiary/aromatic N) is 1. The van der Waals surface area contributed by atoms with Gasteiger partial charge in [-0.25, -0.2) is 0 Å². The van der Waals surface area contributed by atoms with Crippen molar-refractivity contribution in [3.05, 3.63) is 23.8 Å². The van der Waals surface area contributed by atoms with Gasteiger partial charge in [-0.3, -0.25) is 0 Å². The Labute approximate surface area is 88.4 Å². The maximum Gasteiger partial charge on any atom is 0.141 e. The minimum Gasteiger partial charge on any atom is -0.497 e. The Balaban J connectivity index is 2.21. The van der Waals surface area contributed by atoms with Crippen LogP contribution in [0.2, 0.25) is 0 Å². The summed E-state index contributed by atoms with van der Waals surface area (Å²) >= 11 is 0. The molecule has 15 heavy (non-hydrogen) atoms. The molecule has 2 rings (SSSR count). The van der Waals surface area contributed by atoms with Gasteiger partial charge in [0.05, 0.1) is 12.7 Å². The fourth-order valence-electron chi connectivity index (χ4n) is 1.34. The average molecular weight is 204 g/mol. The molecule has 1 aliphatic rings. The van der Waals surface area contributed by atoms with Crippen molar-refractivity contribution in [1.82, 2.24) is 5.32 Å². The predicted molar refractivity (Wildman–Crippen MR) is 55.0 cm³/mol. The molecule has 0 amide bonds. The minimum atomic E-state index is 0.171. The highest BCUT2D eigenvalue weighted by molar-refractivity contribution is 5.47. The summed E-state index contributed by atoms with van der Waals surface area (Å²) in [6.45, 7) is 1.67. The second kappa shape index (κ2) is 4.20. The van der Waals surface area contributed by atoms with Crippen molar-refractivity contribution in [1.29, 1.82) is 5.26 Å². The molecule has 0 radical (unpaired) electrons. The summed E-state index contributed by atoms with van der Waals surface area (Å²) in [7, 11) is 1.59. The molecule has 1 N–H and O–H groups in total. The standard InChI is InChI=1S/C11H12N2O2/c1-14-9-3-2-8(5-12)11(4-9)15-10-6-13-7-10/h2-4,10,13H,6-7H2,1H3. The lowest BCUT2D eigenvalue weighted by atomic mass is 10.2. The highest BCUT2D eigenvalue weighted by Gasteiger charge is 2.19. The fourth-order valence-corrected chi connectivity index (χ4v) is 1.34. The fraction of sp³-hybridized carbons (Fsp3) is 0.364. The van der Waals surface area contributed by atoms with E-state index in [1.807, 2.05) is 0 Å². The van der Waals surface area contributed by atoms with E-state index in [1.54, 1.807) is 25.3 Å². The number of rotatable bonds is 3. The van der Waals surface area contributed by atoms with E-state index < -0.39 is 0 Å². The van der Waals surface area contributed by atoms with Crippen LogP contribution in [-0.4, -0.2) is 26.3 Å². The van der Waals surface area contributed by atoms with E-state index >= 15 is 0 Å². The summed E-state index contributed by atoms with van der Waals surface area (Å²) in [5, 5.41) is 12.0. The van der Waals surface area contributed by atoms with E-state index in [0.717, 1.165) is 13.1 Å². The molecule has 0 atom stereocenters. The first kappa shape index (κ1) is 9.81. The van der Waals surface area contributed by atoms with Crippen molar-refractivity contribution < 1.29 is 9.47 Å². The van der Waals surface area contributed by atoms with Gasteiger partial charge >= 0.3 is 0 Å². The number of methoxy groups -OCH3 is 1. The molecule has 0 bridgehead atoms. The third-order valence-corrected chi connectivity index (χ3v) is 2.35. The topological polar surface area (TPSA) is 54.3 Å². The van der Waals surface area contributed by atoms with Crippen LogP contribution >= 0.6 is 0 Å². The van der Waals surface area contributed by atoms with Crippen molar-refractivity contribution in [2.24, 2.45) is 0 Å². The van der Waals surface area contributed by atoms with Crippen LogP contribution in [0.1, 0.15) is 5.56 Å². The third kappa shape index (κ3) is 2.03. The first-order chi connectivity index (χ1) is 7.33. The van der Waals surface area contributed by atoms with Gasteiger partial charge in [-0.1, -0.05) is 0 Å². The number of hydrogen-bond donors (Lipinski definition) is 1.